The third-order valence-corrected chi connectivity index (χ3v) is 5.27. The van der Waals surface area contributed by atoms with Gasteiger partial charge < -0.3 is 10.5 Å². The molecule has 3 aromatic rings. The van der Waals surface area contributed by atoms with Crippen molar-refractivity contribution in [3.63, 3.8) is 0 Å². The van der Waals surface area contributed by atoms with Crippen molar-refractivity contribution in [3.05, 3.63) is 51.2 Å². The molecule has 1 amide bonds. The number of carbonyl (C=O) groups excluding carboxylic acids is 1. The highest BCUT2D eigenvalue weighted by Gasteiger charge is 2.35. The van der Waals surface area contributed by atoms with E-state index < -0.39 is 23.4 Å². The van der Waals surface area contributed by atoms with Crippen LogP contribution in [0.2, 0.25) is 5.02 Å². The van der Waals surface area contributed by atoms with E-state index in [9.17, 15) is 23.2 Å². The first-order chi connectivity index (χ1) is 13.9. The molecule has 0 fully saturated rings. The predicted molar refractivity (Wildman–Crippen MR) is 105 cm³/mol. The number of carbonyl (C=O) groups is 1. The van der Waals surface area contributed by atoms with Crippen molar-refractivity contribution in [1.82, 2.24) is 14.8 Å². The Morgan fingerprint density at radius 3 is 2.70 bits per heavy atom. The standard InChI is InChI=1S/C18H12BrClF3N5O2/c1-17(7-24,8-28-15(19)14-13(27-28)4-9(20)6-26-14)12-5-10(30-18(21,22)23)2-3-11(12)16(25)29/h2-6H,8H2,1H3,(H2,25,29). The molecule has 0 aliphatic heterocycles. The third-order valence-electron chi connectivity index (χ3n) is 4.28. The van der Waals surface area contributed by atoms with Gasteiger partial charge in [-0.3, -0.25) is 14.5 Å². The molecule has 0 saturated heterocycles. The van der Waals surface area contributed by atoms with E-state index in [1.54, 1.807) is 6.07 Å². The summed E-state index contributed by atoms with van der Waals surface area (Å²) in [6, 6.07) is 6.63. The van der Waals surface area contributed by atoms with Crippen LogP contribution >= 0.6 is 27.5 Å². The number of hydrogen-bond acceptors (Lipinski definition) is 5. The molecule has 0 spiro atoms. The van der Waals surface area contributed by atoms with E-state index in [0.29, 0.717) is 20.7 Å². The lowest BCUT2D eigenvalue weighted by atomic mass is 9.80. The highest BCUT2D eigenvalue weighted by molar-refractivity contribution is 9.10. The van der Waals surface area contributed by atoms with Gasteiger partial charge in [0.05, 0.1) is 23.1 Å². The van der Waals surface area contributed by atoms with E-state index >= 15 is 0 Å². The molecule has 3 rings (SSSR count). The molecule has 156 valence electrons. The van der Waals surface area contributed by atoms with Gasteiger partial charge >= 0.3 is 6.36 Å². The molecule has 7 nitrogen and oxygen atoms in total. The van der Waals surface area contributed by atoms with Crippen LogP contribution in [0.25, 0.3) is 11.0 Å². The Morgan fingerprint density at radius 2 is 2.10 bits per heavy atom. The van der Waals surface area contributed by atoms with Gasteiger partial charge in [0.2, 0.25) is 5.91 Å². The van der Waals surface area contributed by atoms with Crippen LogP contribution < -0.4 is 10.5 Å². The molecule has 1 unspecified atom stereocenters. The Morgan fingerprint density at radius 1 is 1.40 bits per heavy atom. The Labute approximate surface area is 181 Å². The fourth-order valence-electron chi connectivity index (χ4n) is 2.94. The average molecular weight is 503 g/mol. The number of halogens is 5. The number of nitrogens with two attached hydrogens (primary N) is 1. The lowest BCUT2D eigenvalue weighted by Gasteiger charge is -2.25. The number of amides is 1. The molecule has 0 bridgehead atoms. The fraction of sp³-hybridized carbons (Fsp3) is 0.222. The molecule has 2 N–H and O–H groups in total. The summed E-state index contributed by atoms with van der Waals surface area (Å²) in [5.74, 6) is -1.48. The molecule has 0 saturated carbocycles. The number of rotatable bonds is 5. The fourth-order valence-corrected chi connectivity index (χ4v) is 3.60. The van der Waals surface area contributed by atoms with Crippen molar-refractivity contribution in [1.29, 1.82) is 5.26 Å². The first-order valence-electron chi connectivity index (χ1n) is 8.22. The van der Waals surface area contributed by atoms with Gasteiger partial charge in [-0.1, -0.05) is 11.6 Å². The molecule has 1 atom stereocenters. The van der Waals surface area contributed by atoms with Gasteiger partial charge in [-0.05, 0) is 52.7 Å². The number of pyridine rings is 1. The second-order valence-corrected chi connectivity index (χ2v) is 7.72. The first-order valence-corrected chi connectivity index (χ1v) is 9.39. The quantitative estimate of drug-likeness (QED) is 0.559. The number of nitriles is 1. The summed E-state index contributed by atoms with van der Waals surface area (Å²) in [7, 11) is 0. The molecule has 2 heterocycles. The van der Waals surface area contributed by atoms with Crippen LogP contribution in [-0.2, 0) is 12.0 Å². The molecule has 0 radical (unpaired) electrons. The first kappa shape index (κ1) is 21.9. The summed E-state index contributed by atoms with van der Waals surface area (Å²) in [4.78, 5) is 16.0. The smallest absolute Gasteiger partial charge is 0.406 e. The molecular formula is C18H12BrClF3N5O2. The van der Waals surface area contributed by atoms with Crippen LogP contribution in [0, 0.1) is 11.3 Å². The average Bonchev–Trinajstić information content (AvgIpc) is 2.94. The maximum Gasteiger partial charge on any atom is 0.573 e. The van der Waals surface area contributed by atoms with Crippen molar-refractivity contribution < 1.29 is 22.7 Å². The van der Waals surface area contributed by atoms with Gasteiger partial charge in [-0.25, -0.2) is 0 Å². The predicted octanol–water partition coefficient (Wildman–Crippen LogP) is 4.33. The van der Waals surface area contributed by atoms with Crippen LogP contribution in [0.3, 0.4) is 0 Å². The van der Waals surface area contributed by atoms with Crippen LogP contribution in [0.15, 0.2) is 35.1 Å². The number of fused-ring (bicyclic) bond motifs is 1. The van der Waals surface area contributed by atoms with Crippen molar-refractivity contribution in [2.24, 2.45) is 5.73 Å². The minimum Gasteiger partial charge on any atom is -0.406 e. The van der Waals surface area contributed by atoms with Crippen molar-refractivity contribution in [3.8, 4) is 11.8 Å². The third kappa shape index (κ3) is 4.34. The maximum absolute atomic E-state index is 12.6. The molecule has 0 aliphatic rings. The highest BCUT2D eigenvalue weighted by Crippen LogP contribution is 2.35. The molecular weight excluding hydrogens is 491 g/mol. The zero-order chi connectivity index (χ0) is 22.3. The zero-order valence-corrected chi connectivity index (χ0v) is 17.5. The van der Waals surface area contributed by atoms with E-state index in [0.717, 1.165) is 18.2 Å². The Bertz CT molecular complexity index is 1190. The lowest BCUT2D eigenvalue weighted by molar-refractivity contribution is -0.274. The van der Waals surface area contributed by atoms with Crippen LogP contribution in [0.1, 0.15) is 22.8 Å². The number of nitrogens with zero attached hydrogens (tertiary/aromatic N) is 4. The topological polar surface area (TPSA) is 107 Å². The summed E-state index contributed by atoms with van der Waals surface area (Å²) in [6.45, 7) is 1.32. The minimum absolute atomic E-state index is 0.0308. The second kappa shape index (κ2) is 7.77. The van der Waals surface area contributed by atoms with Crippen molar-refractivity contribution in [2.75, 3.05) is 0 Å². The normalized spacial score (nSPS) is 13.6. The summed E-state index contributed by atoms with van der Waals surface area (Å²) in [5.41, 5.74) is 4.66. The van der Waals surface area contributed by atoms with Crippen molar-refractivity contribution in [2.45, 2.75) is 25.2 Å². The molecule has 12 heteroatoms. The monoisotopic (exact) mass is 501 g/mol. The summed E-state index contributed by atoms with van der Waals surface area (Å²) < 4.78 is 43.7. The second-order valence-electron chi connectivity index (χ2n) is 6.53. The van der Waals surface area contributed by atoms with Gasteiger partial charge in [0, 0.05) is 11.8 Å². The minimum atomic E-state index is -4.94. The number of alkyl halides is 3. The van der Waals surface area contributed by atoms with Crippen LogP contribution in [0.5, 0.6) is 5.75 Å². The summed E-state index contributed by atoms with van der Waals surface area (Å²) in [6.07, 6.45) is -3.52. The Hall–Kier alpha value is -2.84. The molecule has 0 aliphatic carbocycles. The van der Waals surface area contributed by atoms with E-state index in [2.05, 4.69) is 30.7 Å². The summed E-state index contributed by atoms with van der Waals surface area (Å²) >= 11 is 9.28. The number of primary amides is 1. The summed E-state index contributed by atoms with van der Waals surface area (Å²) in [5, 5.41) is 14.6. The van der Waals surface area contributed by atoms with Gasteiger partial charge in [-0.15, -0.1) is 13.2 Å². The maximum atomic E-state index is 12.6. The van der Waals surface area contributed by atoms with Gasteiger partial charge in [-0.2, -0.15) is 10.4 Å². The largest absolute Gasteiger partial charge is 0.573 e. The van der Waals surface area contributed by atoms with Crippen molar-refractivity contribution >= 4 is 44.5 Å². The van der Waals surface area contributed by atoms with Gasteiger partial charge in [0.1, 0.15) is 21.4 Å². The SMILES string of the molecule is CC(C#N)(Cn1nc2cc(Cl)cnc2c1Br)c1cc(OC(F)(F)F)ccc1C(N)=O. The van der Waals surface area contributed by atoms with E-state index in [4.69, 9.17) is 17.3 Å². The van der Waals surface area contributed by atoms with E-state index in [1.807, 2.05) is 6.07 Å². The molecule has 2 aromatic heterocycles. The zero-order valence-electron chi connectivity index (χ0n) is 15.2. The number of benzene rings is 1. The molecule has 1 aromatic carbocycles. The van der Waals surface area contributed by atoms with Crippen LogP contribution in [0.4, 0.5) is 13.2 Å². The highest BCUT2D eigenvalue weighted by atomic mass is 79.9. The van der Waals surface area contributed by atoms with Crippen LogP contribution in [-0.4, -0.2) is 27.0 Å². The van der Waals surface area contributed by atoms with Gasteiger partial charge in [0.25, 0.3) is 0 Å². The lowest BCUT2D eigenvalue weighted by Crippen LogP contribution is -2.31. The number of aromatic nitrogens is 3. The van der Waals surface area contributed by atoms with E-state index in [-0.39, 0.29) is 17.7 Å². The van der Waals surface area contributed by atoms with E-state index in [1.165, 1.54) is 17.8 Å². The Balaban J connectivity index is 2.11. The molecule has 30 heavy (non-hydrogen) atoms. The number of hydrogen-bond donors (Lipinski definition) is 1. The Kier molecular flexibility index (Phi) is 5.66. The number of ether oxygens (including phenoxy) is 1. The van der Waals surface area contributed by atoms with Gasteiger partial charge in [0.15, 0.2) is 0 Å².